The highest BCUT2D eigenvalue weighted by Crippen LogP contribution is 2.33. The summed E-state index contributed by atoms with van der Waals surface area (Å²) in [7, 11) is 1.50. The number of aromatic nitrogens is 5. The highest BCUT2D eigenvalue weighted by Gasteiger charge is 2.46. The molecule has 1 amide bonds. The molecular weight excluding hydrogens is 572 g/mol. The SMILES string of the molecule is COc1cc(C(=O)N[C@@H]2[C@H](O)[C@@H](CO)O[C@H]2n2cnc3c(N[C@H](C)c4ccc([N+](=O)[O-])cc4)ncnc32)nc2ccccc12. The second-order valence-corrected chi connectivity index (χ2v) is 10.2. The van der Waals surface area contributed by atoms with Crippen molar-refractivity contribution in [3.05, 3.63) is 88.6 Å². The van der Waals surface area contributed by atoms with Crippen LogP contribution in [0, 0.1) is 10.1 Å². The zero-order valence-corrected chi connectivity index (χ0v) is 23.6. The lowest BCUT2D eigenvalue weighted by Crippen LogP contribution is -2.47. The van der Waals surface area contributed by atoms with Crippen molar-refractivity contribution in [2.24, 2.45) is 0 Å². The van der Waals surface area contributed by atoms with Crippen molar-refractivity contribution < 1.29 is 29.4 Å². The number of fused-ring (bicyclic) bond motifs is 2. The van der Waals surface area contributed by atoms with E-state index in [2.05, 4.69) is 30.6 Å². The molecule has 0 aliphatic carbocycles. The summed E-state index contributed by atoms with van der Waals surface area (Å²) in [4.78, 5) is 41.6. The largest absolute Gasteiger partial charge is 0.496 e. The summed E-state index contributed by atoms with van der Waals surface area (Å²) in [6, 6.07) is 13.6. The minimum Gasteiger partial charge on any atom is -0.496 e. The lowest BCUT2D eigenvalue weighted by Gasteiger charge is -2.23. The van der Waals surface area contributed by atoms with Crippen LogP contribution >= 0.6 is 0 Å². The number of para-hydroxylation sites is 1. The van der Waals surface area contributed by atoms with Gasteiger partial charge in [-0.25, -0.2) is 19.9 Å². The van der Waals surface area contributed by atoms with Gasteiger partial charge in [-0.2, -0.15) is 0 Å². The number of hydrogen-bond acceptors (Lipinski definition) is 12. The fraction of sp³-hybridized carbons (Fsp3) is 0.276. The molecule has 0 saturated carbocycles. The first-order valence-corrected chi connectivity index (χ1v) is 13.7. The molecule has 1 saturated heterocycles. The number of methoxy groups -OCH3 is 1. The number of nitro benzene ring substituents is 1. The number of non-ortho nitro benzene ring substituents is 1. The Morgan fingerprint density at radius 2 is 1.95 bits per heavy atom. The van der Waals surface area contributed by atoms with E-state index in [-0.39, 0.29) is 17.4 Å². The smallest absolute Gasteiger partial charge is 0.270 e. The average molecular weight is 601 g/mol. The molecule has 3 aromatic heterocycles. The van der Waals surface area contributed by atoms with E-state index in [4.69, 9.17) is 9.47 Å². The number of nitrogens with zero attached hydrogens (tertiary/aromatic N) is 6. The molecule has 5 aromatic rings. The van der Waals surface area contributed by atoms with E-state index in [9.17, 15) is 25.1 Å². The van der Waals surface area contributed by atoms with Crippen LogP contribution < -0.4 is 15.4 Å². The van der Waals surface area contributed by atoms with Gasteiger partial charge in [-0.15, -0.1) is 0 Å². The quantitative estimate of drug-likeness (QED) is 0.143. The Kier molecular flexibility index (Phi) is 7.73. The standard InChI is InChI=1S/C29H28N8O7/c1-15(16-7-9-17(10-8-16)37(41)42)33-26-24-27(31-13-30-26)36(14-32-24)29-23(25(39)22(12-38)44-29)35-28(40)20-11-21(43-2)18-5-3-4-6-19(18)34-20/h3-11,13-15,22-23,25,29,38-39H,12H2,1-2H3,(H,35,40)(H,30,31,33)/t15-,22-,23-,25-,29-/m1/s1. The van der Waals surface area contributed by atoms with Crippen LogP contribution in [0.25, 0.3) is 22.1 Å². The number of amides is 1. The van der Waals surface area contributed by atoms with Crippen molar-refractivity contribution in [1.29, 1.82) is 0 Å². The summed E-state index contributed by atoms with van der Waals surface area (Å²) >= 11 is 0. The van der Waals surface area contributed by atoms with Crippen molar-refractivity contribution in [3.8, 4) is 5.75 Å². The molecule has 0 bridgehead atoms. The fourth-order valence-corrected chi connectivity index (χ4v) is 5.26. The van der Waals surface area contributed by atoms with Gasteiger partial charge < -0.3 is 30.3 Å². The van der Waals surface area contributed by atoms with Crippen molar-refractivity contribution >= 4 is 39.5 Å². The molecule has 0 radical (unpaired) electrons. The van der Waals surface area contributed by atoms with Crippen molar-refractivity contribution in [2.45, 2.75) is 37.4 Å². The fourth-order valence-electron chi connectivity index (χ4n) is 5.26. The number of anilines is 1. The minimum atomic E-state index is -1.27. The van der Waals surface area contributed by atoms with Crippen LogP contribution in [0.1, 0.15) is 35.2 Å². The molecule has 4 N–H and O–H groups in total. The van der Waals surface area contributed by atoms with Gasteiger partial charge >= 0.3 is 0 Å². The van der Waals surface area contributed by atoms with Crippen molar-refractivity contribution in [2.75, 3.05) is 19.0 Å². The van der Waals surface area contributed by atoms with E-state index in [1.807, 2.05) is 19.1 Å². The maximum Gasteiger partial charge on any atom is 0.270 e. The Morgan fingerprint density at radius 1 is 1.18 bits per heavy atom. The number of aliphatic hydroxyl groups excluding tert-OH is 2. The Hall–Kier alpha value is -5.25. The monoisotopic (exact) mass is 600 g/mol. The number of hydrogen-bond donors (Lipinski definition) is 4. The number of nitrogens with one attached hydrogen (secondary N) is 2. The van der Waals surface area contributed by atoms with Gasteiger partial charge in [-0.3, -0.25) is 19.5 Å². The number of carbonyl (C=O) groups excluding carboxylic acids is 1. The van der Waals surface area contributed by atoms with Gasteiger partial charge in [0.05, 0.1) is 36.5 Å². The highest BCUT2D eigenvalue weighted by atomic mass is 16.6. The molecule has 15 heteroatoms. The van der Waals surface area contributed by atoms with E-state index in [0.29, 0.717) is 28.2 Å². The molecule has 44 heavy (non-hydrogen) atoms. The minimum absolute atomic E-state index is 0.0127. The van der Waals surface area contributed by atoms with Crippen LogP contribution in [0.4, 0.5) is 11.5 Å². The van der Waals surface area contributed by atoms with E-state index >= 15 is 0 Å². The zero-order valence-electron chi connectivity index (χ0n) is 23.6. The molecule has 0 spiro atoms. The number of nitro groups is 1. The summed E-state index contributed by atoms with van der Waals surface area (Å²) in [5.74, 6) is 0.280. The number of pyridine rings is 1. The first-order valence-electron chi connectivity index (χ1n) is 13.7. The molecular formula is C29H28N8O7. The summed E-state index contributed by atoms with van der Waals surface area (Å²) in [6.07, 6.45) is -0.472. The van der Waals surface area contributed by atoms with Gasteiger partial charge in [0.2, 0.25) is 0 Å². The normalized spacial score (nSPS) is 20.5. The summed E-state index contributed by atoms with van der Waals surface area (Å²) in [5.41, 5.74) is 2.14. The number of benzene rings is 2. The molecule has 0 unspecified atom stereocenters. The van der Waals surface area contributed by atoms with Gasteiger partial charge in [-0.1, -0.05) is 24.3 Å². The number of ether oxygens (including phenoxy) is 2. The van der Waals surface area contributed by atoms with E-state index in [0.717, 1.165) is 10.9 Å². The van der Waals surface area contributed by atoms with E-state index in [1.54, 1.807) is 28.8 Å². The van der Waals surface area contributed by atoms with Gasteiger partial charge in [0.25, 0.3) is 11.6 Å². The second kappa shape index (κ2) is 11.8. The maximum atomic E-state index is 13.4. The lowest BCUT2D eigenvalue weighted by atomic mass is 10.1. The first kappa shape index (κ1) is 28.9. The van der Waals surface area contributed by atoms with Gasteiger partial charge in [-0.05, 0) is 24.6 Å². The number of carbonyl (C=O) groups is 1. The molecule has 1 aliphatic heterocycles. The zero-order chi connectivity index (χ0) is 31.0. The van der Waals surface area contributed by atoms with Crippen molar-refractivity contribution in [3.63, 3.8) is 0 Å². The van der Waals surface area contributed by atoms with Crippen LogP contribution in [-0.4, -0.2) is 77.5 Å². The number of rotatable bonds is 9. The Balaban J connectivity index is 1.28. The van der Waals surface area contributed by atoms with Crippen molar-refractivity contribution in [1.82, 2.24) is 29.8 Å². The summed E-state index contributed by atoms with van der Waals surface area (Å²) in [6.45, 7) is 1.38. The molecule has 226 valence electrons. The lowest BCUT2D eigenvalue weighted by molar-refractivity contribution is -0.384. The molecule has 4 heterocycles. The topological polar surface area (TPSA) is 200 Å². The van der Waals surface area contributed by atoms with E-state index < -0.39 is 41.9 Å². The van der Waals surface area contributed by atoms with Crippen LogP contribution in [0.2, 0.25) is 0 Å². The number of aliphatic hydroxyl groups is 2. The van der Waals surface area contributed by atoms with E-state index in [1.165, 1.54) is 38.0 Å². The highest BCUT2D eigenvalue weighted by molar-refractivity contribution is 5.97. The van der Waals surface area contributed by atoms with Crippen LogP contribution in [0.15, 0.2) is 67.3 Å². The summed E-state index contributed by atoms with van der Waals surface area (Å²) < 4.78 is 13.0. The molecule has 5 atom stereocenters. The Bertz CT molecular complexity index is 1850. The molecule has 1 fully saturated rings. The molecule has 2 aromatic carbocycles. The predicted octanol–water partition coefficient (Wildman–Crippen LogP) is 2.51. The van der Waals surface area contributed by atoms with Gasteiger partial charge in [0, 0.05) is 23.6 Å². The summed E-state index contributed by atoms with van der Waals surface area (Å²) in [5, 5.41) is 38.8. The second-order valence-electron chi connectivity index (χ2n) is 10.2. The molecule has 1 aliphatic rings. The maximum absolute atomic E-state index is 13.4. The third-order valence-corrected chi connectivity index (χ3v) is 7.57. The molecule has 6 rings (SSSR count). The third-order valence-electron chi connectivity index (χ3n) is 7.57. The Labute approximate surface area is 249 Å². The average Bonchev–Trinajstić information content (AvgIpc) is 3.61. The third kappa shape index (κ3) is 5.23. The Morgan fingerprint density at radius 3 is 2.68 bits per heavy atom. The van der Waals surface area contributed by atoms with Crippen LogP contribution in [0.5, 0.6) is 5.75 Å². The van der Waals surface area contributed by atoms with Gasteiger partial charge in [0.1, 0.15) is 36.0 Å². The first-order chi connectivity index (χ1) is 21.3. The predicted molar refractivity (Wildman–Crippen MR) is 157 cm³/mol. The number of imidazole rings is 1. The molecule has 15 nitrogen and oxygen atoms in total. The van der Waals surface area contributed by atoms with Crippen LogP contribution in [-0.2, 0) is 4.74 Å². The van der Waals surface area contributed by atoms with Crippen LogP contribution in [0.3, 0.4) is 0 Å². The van der Waals surface area contributed by atoms with Gasteiger partial charge in [0.15, 0.2) is 23.2 Å².